The molecule has 1 aromatic rings. The Morgan fingerprint density at radius 3 is 2.82 bits per heavy atom. The highest BCUT2D eigenvalue weighted by Gasteiger charge is 2.33. The van der Waals surface area contributed by atoms with E-state index < -0.39 is 0 Å². The van der Waals surface area contributed by atoms with E-state index in [1.54, 1.807) is 11.3 Å². The van der Waals surface area contributed by atoms with Crippen molar-refractivity contribution in [1.82, 2.24) is 10.3 Å². The van der Waals surface area contributed by atoms with Crippen LogP contribution in [0.3, 0.4) is 0 Å². The molecule has 2 nitrogen and oxygen atoms in total. The maximum atomic E-state index is 4.45. The molecule has 0 bridgehead atoms. The number of aromatic nitrogens is 1. The number of thiazole rings is 1. The number of hydrogen-bond donors (Lipinski definition) is 1. The molecule has 1 N–H and O–H groups in total. The van der Waals surface area contributed by atoms with Gasteiger partial charge in [-0.1, -0.05) is 20.8 Å². The van der Waals surface area contributed by atoms with Crippen LogP contribution >= 0.6 is 23.1 Å². The lowest BCUT2D eigenvalue weighted by Crippen LogP contribution is -2.26. The quantitative estimate of drug-likeness (QED) is 0.798. The van der Waals surface area contributed by atoms with Crippen LogP contribution in [0.4, 0.5) is 0 Å². The van der Waals surface area contributed by atoms with Crippen molar-refractivity contribution in [3.8, 4) is 0 Å². The number of nitrogens with zero attached hydrogens (tertiary/aromatic N) is 1. The summed E-state index contributed by atoms with van der Waals surface area (Å²) in [7, 11) is 0. The zero-order valence-corrected chi connectivity index (χ0v) is 12.5. The van der Waals surface area contributed by atoms with E-state index in [-0.39, 0.29) is 0 Å². The van der Waals surface area contributed by atoms with Crippen molar-refractivity contribution in [3.63, 3.8) is 0 Å². The zero-order chi connectivity index (χ0) is 12.3. The predicted molar refractivity (Wildman–Crippen MR) is 77.8 cm³/mol. The van der Waals surface area contributed by atoms with Gasteiger partial charge in [0.25, 0.3) is 0 Å². The lowest BCUT2D eigenvalue weighted by Gasteiger charge is -2.20. The van der Waals surface area contributed by atoms with Gasteiger partial charge in [0, 0.05) is 28.6 Å². The maximum Gasteiger partial charge on any atom is 0.110 e. The Morgan fingerprint density at radius 1 is 1.53 bits per heavy atom. The fourth-order valence-corrected chi connectivity index (χ4v) is 3.48. The molecule has 0 spiro atoms. The Bertz CT molecular complexity index is 326. The molecule has 1 fully saturated rings. The Labute approximate surface area is 113 Å². The highest BCUT2D eigenvalue weighted by atomic mass is 32.2. The van der Waals surface area contributed by atoms with E-state index in [4.69, 9.17) is 0 Å². The molecule has 0 unspecified atom stereocenters. The molecule has 4 heteroatoms. The smallest absolute Gasteiger partial charge is 0.110 e. The van der Waals surface area contributed by atoms with Crippen molar-refractivity contribution < 1.29 is 0 Å². The average Bonchev–Trinajstić information content (AvgIpc) is 2.92. The first-order chi connectivity index (χ1) is 8.06. The second kappa shape index (κ2) is 5.72. The molecule has 2 rings (SSSR count). The van der Waals surface area contributed by atoms with E-state index in [0.29, 0.717) is 10.8 Å². The van der Waals surface area contributed by atoms with E-state index in [2.05, 4.69) is 36.5 Å². The van der Waals surface area contributed by atoms with Gasteiger partial charge in [0.05, 0.1) is 6.04 Å². The normalized spacial score (nSPS) is 18.3. The Kier molecular flexibility index (Phi) is 4.50. The summed E-state index contributed by atoms with van der Waals surface area (Å²) in [5, 5.41) is 7.03. The van der Waals surface area contributed by atoms with Crippen molar-refractivity contribution >= 4 is 23.1 Å². The number of nitrogens with one attached hydrogen (secondary N) is 1. The second-order valence-corrected chi connectivity index (χ2v) is 8.45. The molecule has 96 valence electrons. The first kappa shape index (κ1) is 13.4. The molecule has 17 heavy (non-hydrogen) atoms. The van der Waals surface area contributed by atoms with Crippen molar-refractivity contribution in [2.45, 2.75) is 44.4 Å². The molecular formula is C13H22N2S2. The summed E-state index contributed by atoms with van der Waals surface area (Å²) >= 11 is 3.81. The van der Waals surface area contributed by atoms with Gasteiger partial charge in [0.15, 0.2) is 0 Å². The lowest BCUT2D eigenvalue weighted by atomic mass is 10.2. The lowest BCUT2D eigenvalue weighted by molar-refractivity contribution is 0.495. The third-order valence-corrected chi connectivity index (χ3v) is 4.95. The van der Waals surface area contributed by atoms with Gasteiger partial charge in [0.1, 0.15) is 5.01 Å². The van der Waals surface area contributed by atoms with Crippen LogP contribution in [-0.2, 0) is 0 Å². The van der Waals surface area contributed by atoms with Crippen LogP contribution in [0.25, 0.3) is 0 Å². The van der Waals surface area contributed by atoms with Gasteiger partial charge in [-0.05, 0) is 18.8 Å². The van der Waals surface area contributed by atoms with Crippen molar-refractivity contribution in [3.05, 3.63) is 16.6 Å². The topological polar surface area (TPSA) is 24.9 Å². The Hall–Kier alpha value is -0.0600. The number of thioether (sulfide) groups is 1. The highest BCUT2D eigenvalue weighted by Crippen LogP contribution is 2.41. The molecule has 1 aliphatic rings. The van der Waals surface area contributed by atoms with Gasteiger partial charge in [-0.15, -0.1) is 11.3 Å². The maximum absolute atomic E-state index is 4.45. The Balaban J connectivity index is 1.76. The second-order valence-electron chi connectivity index (χ2n) is 5.60. The van der Waals surface area contributed by atoms with E-state index in [1.807, 2.05) is 18.0 Å². The van der Waals surface area contributed by atoms with Crippen molar-refractivity contribution in [1.29, 1.82) is 0 Å². The van der Waals surface area contributed by atoms with Crippen LogP contribution in [-0.4, -0.2) is 22.0 Å². The SMILES string of the molecule is CC(C)(C)SCCN[C@H](c1nccs1)C1CC1. The van der Waals surface area contributed by atoms with E-state index in [0.717, 1.165) is 12.5 Å². The largest absolute Gasteiger partial charge is 0.307 e. The minimum Gasteiger partial charge on any atom is -0.307 e. The molecule has 1 heterocycles. The summed E-state index contributed by atoms with van der Waals surface area (Å²) < 4.78 is 0.373. The molecule has 1 saturated carbocycles. The third-order valence-electron chi connectivity index (χ3n) is 2.81. The summed E-state index contributed by atoms with van der Waals surface area (Å²) in [5.74, 6) is 2.01. The predicted octanol–water partition coefficient (Wildman–Crippen LogP) is 3.72. The fourth-order valence-electron chi connectivity index (χ4n) is 1.84. The molecule has 1 aliphatic carbocycles. The minimum atomic E-state index is 0.373. The standard InChI is InChI=1S/C13H22N2S2/c1-13(2,3)17-9-7-14-11(10-4-5-10)12-15-6-8-16-12/h6,8,10-11,14H,4-5,7,9H2,1-3H3/t11-/m0/s1. The minimum absolute atomic E-state index is 0.373. The summed E-state index contributed by atoms with van der Waals surface area (Å²) in [4.78, 5) is 4.45. The summed E-state index contributed by atoms with van der Waals surface area (Å²) in [6, 6.07) is 0.510. The Morgan fingerprint density at radius 2 is 2.29 bits per heavy atom. The van der Waals surface area contributed by atoms with Crippen LogP contribution in [0.2, 0.25) is 0 Å². The molecule has 0 radical (unpaired) electrons. The zero-order valence-electron chi connectivity index (χ0n) is 10.9. The highest BCUT2D eigenvalue weighted by molar-refractivity contribution is 8.00. The van der Waals surface area contributed by atoms with Crippen molar-refractivity contribution in [2.75, 3.05) is 12.3 Å². The van der Waals surface area contributed by atoms with Gasteiger partial charge in [-0.2, -0.15) is 11.8 Å². The van der Waals surface area contributed by atoms with E-state index >= 15 is 0 Å². The third kappa shape index (κ3) is 4.60. The molecule has 0 saturated heterocycles. The fraction of sp³-hybridized carbons (Fsp3) is 0.769. The van der Waals surface area contributed by atoms with E-state index in [9.17, 15) is 0 Å². The molecule has 0 aromatic carbocycles. The van der Waals surface area contributed by atoms with Gasteiger partial charge in [-0.3, -0.25) is 0 Å². The van der Waals surface area contributed by atoms with Crippen molar-refractivity contribution in [2.24, 2.45) is 5.92 Å². The first-order valence-electron chi connectivity index (χ1n) is 6.33. The number of rotatable bonds is 6. The van der Waals surface area contributed by atoms with Gasteiger partial charge < -0.3 is 5.32 Å². The van der Waals surface area contributed by atoms with E-state index in [1.165, 1.54) is 23.6 Å². The van der Waals surface area contributed by atoms with Crippen LogP contribution in [0.1, 0.15) is 44.7 Å². The van der Waals surface area contributed by atoms with Crippen LogP contribution in [0.5, 0.6) is 0 Å². The molecule has 0 amide bonds. The van der Waals surface area contributed by atoms with Gasteiger partial charge in [-0.25, -0.2) is 4.98 Å². The summed E-state index contributed by atoms with van der Waals surface area (Å²) in [6.45, 7) is 7.91. The molecule has 0 aliphatic heterocycles. The molecular weight excluding hydrogens is 248 g/mol. The van der Waals surface area contributed by atoms with Crippen LogP contribution in [0.15, 0.2) is 11.6 Å². The monoisotopic (exact) mass is 270 g/mol. The first-order valence-corrected chi connectivity index (χ1v) is 8.19. The van der Waals surface area contributed by atoms with Gasteiger partial charge >= 0.3 is 0 Å². The van der Waals surface area contributed by atoms with Crippen LogP contribution < -0.4 is 5.32 Å². The summed E-state index contributed by atoms with van der Waals surface area (Å²) in [6.07, 6.45) is 4.65. The van der Waals surface area contributed by atoms with Gasteiger partial charge in [0.2, 0.25) is 0 Å². The summed E-state index contributed by atoms with van der Waals surface area (Å²) in [5.41, 5.74) is 0. The molecule has 1 aromatic heterocycles. The van der Waals surface area contributed by atoms with Crippen LogP contribution in [0, 0.1) is 5.92 Å². The average molecular weight is 270 g/mol. The molecule has 1 atom stereocenters. The number of hydrogen-bond acceptors (Lipinski definition) is 4.